The van der Waals surface area contributed by atoms with Crippen LogP contribution in [0.3, 0.4) is 0 Å². The van der Waals surface area contributed by atoms with Gasteiger partial charge < -0.3 is 4.74 Å². The molecule has 1 rings (SSSR count). The van der Waals surface area contributed by atoms with Crippen molar-refractivity contribution in [2.45, 2.75) is 12.8 Å². The molecule has 0 heterocycles. The van der Waals surface area contributed by atoms with Crippen molar-refractivity contribution in [3.63, 3.8) is 0 Å². The lowest BCUT2D eigenvalue weighted by molar-refractivity contribution is -0.113. The SMILES string of the molecule is C#CC(=O)CCc1ccc(OC)cc1. The van der Waals surface area contributed by atoms with Crippen LogP contribution < -0.4 is 4.74 Å². The lowest BCUT2D eigenvalue weighted by atomic mass is 10.1. The molecule has 0 saturated heterocycles. The smallest absolute Gasteiger partial charge is 0.205 e. The summed E-state index contributed by atoms with van der Waals surface area (Å²) in [7, 11) is 1.62. The molecule has 0 bridgehead atoms. The lowest BCUT2D eigenvalue weighted by Crippen LogP contribution is -1.96. The summed E-state index contributed by atoms with van der Waals surface area (Å²) in [6.45, 7) is 0. The summed E-state index contributed by atoms with van der Waals surface area (Å²) in [5.41, 5.74) is 1.09. The second-order valence-corrected chi connectivity index (χ2v) is 2.92. The van der Waals surface area contributed by atoms with E-state index in [1.165, 1.54) is 0 Å². The number of ketones is 1. The van der Waals surface area contributed by atoms with Gasteiger partial charge in [-0.1, -0.05) is 12.1 Å². The Bertz CT molecular complexity index is 344. The van der Waals surface area contributed by atoms with Gasteiger partial charge in [0.2, 0.25) is 5.78 Å². The van der Waals surface area contributed by atoms with Gasteiger partial charge in [0.1, 0.15) is 5.75 Å². The van der Waals surface area contributed by atoms with E-state index in [1.54, 1.807) is 7.11 Å². The first-order chi connectivity index (χ1) is 6.76. The van der Waals surface area contributed by atoms with Crippen LogP contribution in [-0.4, -0.2) is 12.9 Å². The Kier molecular flexibility index (Phi) is 3.75. The summed E-state index contributed by atoms with van der Waals surface area (Å²) < 4.78 is 5.02. The summed E-state index contributed by atoms with van der Waals surface area (Å²) in [5, 5.41) is 0. The highest BCUT2D eigenvalue weighted by Gasteiger charge is 1.98. The molecule has 0 atom stereocenters. The summed E-state index contributed by atoms with van der Waals surface area (Å²) in [4.78, 5) is 10.8. The predicted octanol–water partition coefficient (Wildman–Crippen LogP) is 1.83. The second kappa shape index (κ2) is 5.08. The van der Waals surface area contributed by atoms with Crippen molar-refractivity contribution in [2.24, 2.45) is 0 Å². The van der Waals surface area contributed by atoms with Gasteiger partial charge in [0, 0.05) is 6.42 Å². The minimum Gasteiger partial charge on any atom is -0.497 e. The van der Waals surface area contributed by atoms with Gasteiger partial charge in [0.15, 0.2) is 0 Å². The summed E-state index contributed by atoms with van der Waals surface area (Å²) in [6.07, 6.45) is 6.06. The molecule has 2 heteroatoms. The predicted molar refractivity (Wildman–Crippen MR) is 55.2 cm³/mol. The minimum absolute atomic E-state index is 0.152. The Labute approximate surface area is 83.9 Å². The molecular formula is C12H12O2. The molecular weight excluding hydrogens is 176 g/mol. The van der Waals surface area contributed by atoms with E-state index in [1.807, 2.05) is 24.3 Å². The highest BCUT2D eigenvalue weighted by molar-refractivity contribution is 5.94. The average Bonchev–Trinajstić information content (AvgIpc) is 2.26. The number of carbonyl (C=O) groups is 1. The van der Waals surface area contributed by atoms with Crippen molar-refractivity contribution >= 4 is 5.78 Å². The third-order valence-electron chi connectivity index (χ3n) is 1.96. The van der Waals surface area contributed by atoms with Crippen molar-refractivity contribution in [1.82, 2.24) is 0 Å². The highest BCUT2D eigenvalue weighted by atomic mass is 16.5. The van der Waals surface area contributed by atoms with E-state index in [2.05, 4.69) is 5.92 Å². The quantitative estimate of drug-likeness (QED) is 0.532. The van der Waals surface area contributed by atoms with Gasteiger partial charge in [-0.25, -0.2) is 0 Å². The zero-order valence-electron chi connectivity index (χ0n) is 8.12. The number of methoxy groups -OCH3 is 1. The molecule has 0 amide bonds. The first-order valence-electron chi connectivity index (χ1n) is 4.38. The number of benzene rings is 1. The number of rotatable bonds is 4. The number of aryl methyl sites for hydroxylation is 1. The van der Waals surface area contributed by atoms with Crippen LogP contribution in [-0.2, 0) is 11.2 Å². The largest absolute Gasteiger partial charge is 0.497 e. The fraction of sp³-hybridized carbons (Fsp3) is 0.250. The maximum atomic E-state index is 10.8. The number of hydrogen-bond donors (Lipinski definition) is 0. The van der Waals surface area contributed by atoms with Gasteiger partial charge in [-0.15, -0.1) is 6.42 Å². The van der Waals surface area contributed by atoms with E-state index in [0.29, 0.717) is 12.8 Å². The van der Waals surface area contributed by atoms with Crippen LogP contribution in [0.15, 0.2) is 24.3 Å². The fourth-order valence-electron chi connectivity index (χ4n) is 1.12. The van der Waals surface area contributed by atoms with Crippen LogP contribution in [0, 0.1) is 12.3 Å². The molecule has 0 spiro atoms. The number of terminal acetylenes is 1. The van der Waals surface area contributed by atoms with E-state index in [9.17, 15) is 4.79 Å². The van der Waals surface area contributed by atoms with Gasteiger partial charge >= 0.3 is 0 Å². The van der Waals surface area contributed by atoms with Gasteiger partial charge in [-0.05, 0) is 30.0 Å². The van der Waals surface area contributed by atoms with Crippen molar-refractivity contribution in [3.05, 3.63) is 29.8 Å². The maximum Gasteiger partial charge on any atom is 0.205 e. The molecule has 0 unspecified atom stereocenters. The zero-order valence-corrected chi connectivity index (χ0v) is 8.12. The van der Waals surface area contributed by atoms with Gasteiger partial charge in [0.25, 0.3) is 0 Å². The first-order valence-corrected chi connectivity index (χ1v) is 4.38. The number of ether oxygens (including phenoxy) is 1. The molecule has 72 valence electrons. The number of hydrogen-bond acceptors (Lipinski definition) is 2. The van der Waals surface area contributed by atoms with Gasteiger partial charge in [0.05, 0.1) is 7.11 Å². The van der Waals surface area contributed by atoms with Gasteiger partial charge in [-0.2, -0.15) is 0 Å². The van der Waals surface area contributed by atoms with E-state index in [0.717, 1.165) is 11.3 Å². The van der Waals surface area contributed by atoms with Crippen molar-refractivity contribution < 1.29 is 9.53 Å². The standard InChI is InChI=1S/C12H12O2/c1-3-11(13)7-4-10-5-8-12(14-2)9-6-10/h1,5-6,8-9H,4,7H2,2H3. The van der Waals surface area contributed by atoms with Crippen molar-refractivity contribution in [3.8, 4) is 18.1 Å². The van der Waals surface area contributed by atoms with Gasteiger partial charge in [-0.3, -0.25) is 4.79 Å². The molecule has 0 N–H and O–H groups in total. The molecule has 0 radical (unpaired) electrons. The zero-order chi connectivity index (χ0) is 10.4. The molecule has 0 saturated carbocycles. The molecule has 1 aromatic rings. The van der Waals surface area contributed by atoms with Crippen LogP contribution in [0.1, 0.15) is 12.0 Å². The average molecular weight is 188 g/mol. The molecule has 1 aromatic carbocycles. The Morgan fingerprint density at radius 1 is 1.43 bits per heavy atom. The van der Waals surface area contributed by atoms with Crippen LogP contribution in [0.2, 0.25) is 0 Å². The monoisotopic (exact) mass is 188 g/mol. The summed E-state index contributed by atoms with van der Waals surface area (Å²) in [6, 6.07) is 7.61. The first kappa shape index (κ1) is 10.3. The van der Waals surface area contributed by atoms with E-state index >= 15 is 0 Å². The van der Waals surface area contributed by atoms with Crippen molar-refractivity contribution in [1.29, 1.82) is 0 Å². The molecule has 0 aromatic heterocycles. The Morgan fingerprint density at radius 2 is 2.07 bits per heavy atom. The molecule has 2 nitrogen and oxygen atoms in total. The van der Waals surface area contributed by atoms with Crippen LogP contribution >= 0.6 is 0 Å². The number of Topliss-reactive ketones (excluding diaryl/α,β-unsaturated/α-hetero) is 1. The fourth-order valence-corrected chi connectivity index (χ4v) is 1.12. The molecule has 0 fully saturated rings. The van der Waals surface area contributed by atoms with E-state index in [4.69, 9.17) is 11.2 Å². The molecule has 0 aliphatic rings. The van der Waals surface area contributed by atoms with Crippen LogP contribution in [0.4, 0.5) is 0 Å². The lowest BCUT2D eigenvalue weighted by Gasteiger charge is -2.01. The molecule has 0 aliphatic carbocycles. The minimum atomic E-state index is -0.152. The molecule has 0 aliphatic heterocycles. The highest BCUT2D eigenvalue weighted by Crippen LogP contribution is 2.12. The van der Waals surface area contributed by atoms with Crippen LogP contribution in [0.5, 0.6) is 5.75 Å². The topological polar surface area (TPSA) is 26.3 Å². The second-order valence-electron chi connectivity index (χ2n) is 2.92. The third kappa shape index (κ3) is 2.95. The van der Waals surface area contributed by atoms with E-state index < -0.39 is 0 Å². The summed E-state index contributed by atoms with van der Waals surface area (Å²) in [5.74, 6) is 2.76. The Hall–Kier alpha value is -1.75. The molecule has 14 heavy (non-hydrogen) atoms. The van der Waals surface area contributed by atoms with Crippen molar-refractivity contribution in [2.75, 3.05) is 7.11 Å². The van der Waals surface area contributed by atoms with E-state index in [-0.39, 0.29) is 5.78 Å². The van der Waals surface area contributed by atoms with Crippen LogP contribution in [0.25, 0.3) is 0 Å². The number of carbonyl (C=O) groups excluding carboxylic acids is 1. The third-order valence-corrected chi connectivity index (χ3v) is 1.96. The maximum absolute atomic E-state index is 10.8. The Balaban J connectivity index is 2.53. The Morgan fingerprint density at radius 3 is 2.57 bits per heavy atom. The normalized spacial score (nSPS) is 9.14. The summed E-state index contributed by atoms with van der Waals surface area (Å²) >= 11 is 0.